The van der Waals surface area contributed by atoms with Crippen molar-refractivity contribution in [3.63, 3.8) is 0 Å². The van der Waals surface area contributed by atoms with Gasteiger partial charge >= 0.3 is 0 Å². The normalized spacial score (nSPS) is 12.2. The van der Waals surface area contributed by atoms with E-state index in [2.05, 4.69) is 30.6 Å². The molecule has 1 aromatic rings. The zero-order valence-corrected chi connectivity index (χ0v) is 13.0. The molecule has 0 spiro atoms. The van der Waals surface area contributed by atoms with Crippen molar-refractivity contribution in [1.29, 1.82) is 0 Å². The summed E-state index contributed by atoms with van der Waals surface area (Å²) in [6, 6.07) is 5.34. The zero-order chi connectivity index (χ0) is 15.0. The van der Waals surface area contributed by atoms with E-state index in [1.54, 1.807) is 12.1 Å². The molecule has 1 aromatic carbocycles. The van der Waals surface area contributed by atoms with Crippen LogP contribution in [0.15, 0.2) is 30.9 Å². The van der Waals surface area contributed by atoms with E-state index in [4.69, 9.17) is 0 Å². The summed E-state index contributed by atoms with van der Waals surface area (Å²) >= 11 is 0. The maximum Gasteiger partial charge on any atom is 0.130 e. The average molecular weight is 278 g/mol. The van der Waals surface area contributed by atoms with E-state index in [1.165, 1.54) is 0 Å². The van der Waals surface area contributed by atoms with E-state index in [9.17, 15) is 4.39 Å². The third kappa shape index (κ3) is 4.34. The first-order valence-electron chi connectivity index (χ1n) is 7.53. The van der Waals surface area contributed by atoms with E-state index in [0.29, 0.717) is 0 Å². The van der Waals surface area contributed by atoms with Crippen LogP contribution in [0.3, 0.4) is 0 Å². The average Bonchev–Trinajstić information content (AvgIpc) is 2.44. The zero-order valence-electron chi connectivity index (χ0n) is 13.0. The number of halogens is 1. The van der Waals surface area contributed by atoms with Crippen LogP contribution >= 0.6 is 0 Å². The van der Waals surface area contributed by atoms with Gasteiger partial charge < -0.3 is 10.2 Å². The molecular weight excluding hydrogens is 251 g/mol. The first kappa shape index (κ1) is 16.7. The third-order valence-corrected chi connectivity index (χ3v) is 3.35. The van der Waals surface area contributed by atoms with Crippen LogP contribution in [0.25, 0.3) is 0 Å². The number of benzene rings is 1. The van der Waals surface area contributed by atoms with Gasteiger partial charge in [0.2, 0.25) is 0 Å². The van der Waals surface area contributed by atoms with Gasteiger partial charge in [-0.2, -0.15) is 0 Å². The Morgan fingerprint density at radius 3 is 2.70 bits per heavy atom. The molecule has 0 radical (unpaired) electrons. The highest BCUT2D eigenvalue weighted by Crippen LogP contribution is 2.29. The summed E-state index contributed by atoms with van der Waals surface area (Å²) in [6.45, 7) is 12.6. The quantitative estimate of drug-likeness (QED) is 0.678. The van der Waals surface area contributed by atoms with Gasteiger partial charge in [0.1, 0.15) is 5.82 Å². The van der Waals surface area contributed by atoms with Gasteiger partial charge in [-0.25, -0.2) is 4.39 Å². The number of hydrogen-bond donors (Lipinski definition) is 1. The van der Waals surface area contributed by atoms with Crippen LogP contribution in [-0.2, 0) is 0 Å². The molecule has 112 valence electrons. The van der Waals surface area contributed by atoms with Gasteiger partial charge in [-0.05, 0) is 38.4 Å². The minimum Gasteiger partial charge on any atom is -0.367 e. The van der Waals surface area contributed by atoms with Gasteiger partial charge in [0, 0.05) is 30.4 Å². The SMILES string of the molecule is C=CCN(CCC)c1cccc(F)c1C(C)NCCC. The molecule has 1 atom stereocenters. The monoisotopic (exact) mass is 278 g/mol. The topological polar surface area (TPSA) is 15.3 Å². The predicted octanol–water partition coefficient (Wildman–Crippen LogP) is 4.29. The van der Waals surface area contributed by atoms with Gasteiger partial charge in [0.25, 0.3) is 0 Å². The van der Waals surface area contributed by atoms with Crippen LogP contribution in [0.2, 0.25) is 0 Å². The highest BCUT2D eigenvalue weighted by atomic mass is 19.1. The Labute approximate surface area is 122 Å². The van der Waals surface area contributed by atoms with E-state index in [-0.39, 0.29) is 11.9 Å². The van der Waals surface area contributed by atoms with Crippen LogP contribution in [0, 0.1) is 5.82 Å². The highest BCUT2D eigenvalue weighted by molar-refractivity contribution is 5.56. The summed E-state index contributed by atoms with van der Waals surface area (Å²) in [5.41, 5.74) is 1.74. The van der Waals surface area contributed by atoms with Crippen LogP contribution in [0.4, 0.5) is 10.1 Å². The summed E-state index contributed by atoms with van der Waals surface area (Å²) < 4.78 is 14.3. The van der Waals surface area contributed by atoms with E-state index in [1.807, 2.05) is 19.1 Å². The second-order valence-electron chi connectivity index (χ2n) is 5.08. The fourth-order valence-corrected chi connectivity index (χ4v) is 2.43. The van der Waals surface area contributed by atoms with E-state index < -0.39 is 0 Å². The Morgan fingerprint density at radius 2 is 2.10 bits per heavy atom. The number of nitrogens with one attached hydrogen (secondary N) is 1. The molecule has 0 saturated heterocycles. The molecule has 1 unspecified atom stereocenters. The Kier molecular flexibility index (Phi) is 7.31. The number of hydrogen-bond acceptors (Lipinski definition) is 2. The summed E-state index contributed by atoms with van der Waals surface area (Å²) in [5, 5.41) is 3.38. The van der Waals surface area contributed by atoms with Gasteiger partial charge in [0.05, 0.1) is 0 Å². The summed E-state index contributed by atoms with van der Waals surface area (Å²) in [4.78, 5) is 2.19. The molecular formula is C17H27FN2. The Bertz CT molecular complexity index is 417. The van der Waals surface area contributed by atoms with Crippen molar-refractivity contribution >= 4 is 5.69 Å². The molecule has 0 fully saturated rings. The van der Waals surface area contributed by atoms with Crippen molar-refractivity contribution in [1.82, 2.24) is 5.32 Å². The maximum absolute atomic E-state index is 14.3. The minimum atomic E-state index is -0.135. The predicted molar refractivity (Wildman–Crippen MR) is 85.8 cm³/mol. The molecule has 0 saturated carbocycles. The van der Waals surface area contributed by atoms with Crippen LogP contribution in [0.1, 0.15) is 45.2 Å². The fourth-order valence-electron chi connectivity index (χ4n) is 2.43. The lowest BCUT2D eigenvalue weighted by molar-refractivity contribution is 0.526. The molecule has 1 rings (SSSR count). The van der Waals surface area contributed by atoms with Crippen molar-refractivity contribution in [3.05, 3.63) is 42.2 Å². The second-order valence-corrected chi connectivity index (χ2v) is 5.08. The smallest absolute Gasteiger partial charge is 0.130 e. The fraction of sp³-hybridized carbons (Fsp3) is 0.529. The summed E-state index contributed by atoms with van der Waals surface area (Å²) in [5.74, 6) is -0.135. The van der Waals surface area contributed by atoms with Gasteiger partial charge in [-0.3, -0.25) is 0 Å². The molecule has 3 heteroatoms. The number of anilines is 1. The molecule has 0 bridgehead atoms. The van der Waals surface area contributed by atoms with Crippen LogP contribution in [-0.4, -0.2) is 19.6 Å². The third-order valence-electron chi connectivity index (χ3n) is 3.35. The molecule has 1 N–H and O–H groups in total. The van der Waals surface area contributed by atoms with Gasteiger partial charge in [0.15, 0.2) is 0 Å². The standard InChI is InChI=1S/C17H27FN2/c1-5-11-19-14(4)17-15(18)9-8-10-16(17)20(12-6-2)13-7-3/h6,8-10,14,19H,2,5,7,11-13H2,1,3-4H3. The maximum atomic E-state index is 14.3. The molecule has 0 aliphatic rings. The van der Waals surface area contributed by atoms with Crippen molar-refractivity contribution in [2.45, 2.75) is 39.7 Å². The molecule has 0 aliphatic carbocycles. The Hall–Kier alpha value is -1.35. The van der Waals surface area contributed by atoms with Crippen LogP contribution in [0.5, 0.6) is 0 Å². The molecule has 2 nitrogen and oxygen atoms in total. The van der Waals surface area contributed by atoms with Crippen LogP contribution < -0.4 is 10.2 Å². The molecule has 0 heterocycles. The van der Waals surface area contributed by atoms with Crippen molar-refractivity contribution in [3.8, 4) is 0 Å². The number of nitrogens with zero attached hydrogens (tertiary/aromatic N) is 1. The molecule has 0 aromatic heterocycles. The molecule has 0 aliphatic heterocycles. The Balaban J connectivity index is 3.10. The summed E-state index contributed by atoms with van der Waals surface area (Å²) in [6.07, 6.45) is 3.94. The van der Waals surface area contributed by atoms with Gasteiger partial charge in [-0.15, -0.1) is 6.58 Å². The lowest BCUT2D eigenvalue weighted by Gasteiger charge is -2.28. The van der Waals surface area contributed by atoms with E-state index >= 15 is 0 Å². The summed E-state index contributed by atoms with van der Waals surface area (Å²) in [7, 11) is 0. The Morgan fingerprint density at radius 1 is 1.35 bits per heavy atom. The number of rotatable bonds is 9. The lowest BCUT2D eigenvalue weighted by Crippen LogP contribution is -2.28. The van der Waals surface area contributed by atoms with Gasteiger partial charge in [-0.1, -0.05) is 26.0 Å². The largest absolute Gasteiger partial charge is 0.367 e. The lowest BCUT2D eigenvalue weighted by atomic mass is 10.0. The molecule has 0 amide bonds. The first-order chi connectivity index (χ1) is 9.65. The second kappa shape index (κ2) is 8.75. The molecule has 20 heavy (non-hydrogen) atoms. The van der Waals surface area contributed by atoms with Crippen molar-refractivity contribution in [2.24, 2.45) is 0 Å². The first-order valence-corrected chi connectivity index (χ1v) is 7.53. The van der Waals surface area contributed by atoms with Crippen molar-refractivity contribution < 1.29 is 4.39 Å². The highest BCUT2D eigenvalue weighted by Gasteiger charge is 2.18. The van der Waals surface area contributed by atoms with E-state index in [0.717, 1.165) is 43.7 Å². The van der Waals surface area contributed by atoms with Crippen molar-refractivity contribution in [2.75, 3.05) is 24.5 Å². The minimum absolute atomic E-state index is 0.00956.